The van der Waals surface area contributed by atoms with E-state index in [1.165, 1.54) is 0 Å². The van der Waals surface area contributed by atoms with E-state index < -0.39 is 0 Å². The van der Waals surface area contributed by atoms with Crippen LogP contribution >= 0.6 is 0 Å². The molecule has 196 valence electrons. The number of pyridine rings is 2. The minimum Gasteiger partial charge on any atom is -0.455 e. The van der Waals surface area contributed by atoms with Crippen molar-refractivity contribution in [3.63, 3.8) is 0 Å². The summed E-state index contributed by atoms with van der Waals surface area (Å²) in [4.78, 5) is 10.0. The fourth-order valence-corrected chi connectivity index (χ4v) is 6.21. The van der Waals surface area contributed by atoms with Gasteiger partial charge in [-0.3, -0.25) is 0 Å². The maximum absolute atomic E-state index is 6.50. The lowest BCUT2D eigenvalue weighted by molar-refractivity contribution is 0.673. The van der Waals surface area contributed by atoms with Crippen molar-refractivity contribution < 1.29 is 4.42 Å². The second-order valence-corrected chi connectivity index (χ2v) is 10.7. The van der Waals surface area contributed by atoms with Crippen LogP contribution in [0.15, 0.2) is 144 Å². The highest BCUT2D eigenvalue weighted by molar-refractivity contribution is 6.24. The van der Waals surface area contributed by atoms with Crippen molar-refractivity contribution >= 4 is 49.3 Å². The summed E-state index contributed by atoms with van der Waals surface area (Å²) in [5.74, 6) is 0. The minimum atomic E-state index is 0.898. The Morgan fingerprint density at radius 2 is 1.24 bits per heavy atom. The standard InChI is InChI=1S/C38H23N3O/c1-3-15-32-30(14-1)36-31(19-18-29-28-13-2-4-16-34(28)42-38(29)36)37(40-32)27-12-8-10-25(22-27)24-9-7-11-26(21-24)33-23-41-20-6-5-17-35(41)39-33/h1-23H. The van der Waals surface area contributed by atoms with Crippen molar-refractivity contribution in [1.29, 1.82) is 0 Å². The maximum Gasteiger partial charge on any atom is 0.144 e. The van der Waals surface area contributed by atoms with Gasteiger partial charge in [-0.25, -0.2) is 9.97 Å². The zero-order valence-electron chi connectivity index (χ0n) is 22.5. The van der Waals surface area contributed by atoms with Gasteiger partial charge in [0.05, 0.1) is 16.9 Å². The minimum absolute atomic E-state index is 0.898. The fourth-order valence-electron chi connectivity index (χ4n) is 6.21. The molecule has 0 spiro atoms. The van der Waals surface area contributed by atoms with E-state index in [9.17, 15) is 0 Å². The SMILES string of the molecule is c1cc(-c2cccc(-c3nc4ccccc4c4c3ccc3c5ccccc5oc34)c2)cc(-c2cn3ccccc3n2)c1. The number of aromatic nitrogens is 3. The second kappa shape index (κ2) is 8.88. The Morgan fingerprint density at radius 1 is 0.524 bits per heavy atom. The number of hydrogen-bond acceptors (Lipinski definition) is 3. The highest BCUT2D eigenvalue weighted by Gasteiger charge is 2.17. The summed E-state index contributed by atoms with van der Waals surface area (Å²) >= 11 is 0. The van der Waals surface area contributed by atoms with E-state index in [1.54, 1.807) is 0 Å². The third-order valence-electron chi connectivity index (χ3n) is 8.20. The molecule has 0 aliphatic heterocycles. The van der Waals surface area contributed by atoms with Gasteiger partial charge in [0.25, 0.3) is 0 Å². The molecule has 0 bridgehead atoms. The molecule has 0 amide bonds. The molecular formula is C38H23N3O. The van der Waals surface area contributed by atoms with E-state index >= 15 is 0 Å². The van der Waals surface area contributed by atoms with E-state index in [2.05, 4.69) is 102 Å². The summed E-state index contributed by atoms with van der Waals surface area (Å²) in [5, 5.41) is 5.53. The van der Waals surface area contributed by atoms with Crippen LogP contribution in [0.2, 0.25) is 0 Å². The Labute approximate surface area is 241 Å². The molecule has 4 nitrogen and oxygen atoms in total. The number of para-hydroxylation sites is 2. The Kier molecular flexibility index (Phi) is 4.87. The smallest absolute Gasteiger partial charge is 0.144 e. The highest BCUT2D eigenvalue weighted by Crippen LogP contribution is 2.41. The first-order valence-electron chi connectivity index (χ1n) is 14.1. The third-order valence-corrected chi connectivity index (χ3v) is 8.20. The number of rotatable bonds is 3. The van der Waals surface area contributed by atoms with Crippen molar-refractivity contribution in [1.82, 2.24) is 14.4 Å². The van der Waals surface area contributed by atoms with Crippen molar-refractivity contribution in [2.24, 2.45) is 0 Å². The second-order valence-electron chi connectivity index (χ2n) is 10.7. The molecule has 4 heteroatoms. The molecule has 0 unspecified atom stereocenters. The van der Waals surface area contributed by atoms with Gasteiger partial charge in [-0.2, -0.15) is 0 Å². The predicted molar refractivity (Wildman–Crippen MR) is 172 cm³/mol. The number of furan rings is 1. The van der Waals surface area contributed by atoms with Gasteiger partial charge in [0.1, 0.15) is 16.8 Å². The molecule has 0 saturated carbocycles. The number of benzene rings is 5. The summed E-state index contributed by atoms with van der Waals surface area (Å²) in [6.07, 6.45) is 4.11. The average Bonchev–Trinajstić information content (AvgIpc) is 3.66. The molecule has 0 atom stereocenters. The van der Waals surface area contributed by atoms with Crippen LogP contribution in [-0.4, -0.2) is 14.4 Å². The van der Waals surface area contributed by atoms with Crippen LogP contribution in [0.5, 0.6) is 0 Å². The Hall–Kier alpha value is -5.74. The normalized spacial score (nSPS) is 11.8. The molecule has 0 aliphatic rings. The first-order valence-corrected chi connectivity index (χ1v) is 14.1. The van der Waals surface area contributed by atoms with Crippen LogP contribution in [-0.2, 0) is 0 Å². The molecule has 9 aromatic rings. The number of nitrogens with zero attached hydrogens (tertiary/aromatic N) is 3. The third kappa shape index (κ3) is 3.49. The lowest BCUT2D eigenvalue weighted by atomic mass is 9.95. The average molecular weight is 538 g/mol. The fraction of sp³-hybridized carbons (Fsp3) is 0. The van der Waals surface area contributed by atoms with Crippen molar-refractivity contribution in [3.8, 4) is 33.6 Å². The molecule has 0 N–H and O–H groups in total. The Morgan fingerprint density at radius 3 is 2.12 bits per heavy atom. The molecular weight excluding hydrogens is 514 g/mol. The number of fused-ring (bicyclic) bond motifs is 8. The monoisotopic (exact) mass is 537 g/mol. The van der Waals surface area contributed by atoms with E-state index in [1.807, 2.05) is 42.6 Å². The van der Waals surface area contributed by atoms with Crippen LogP contribution in [0.25, 0.3) is 82.9 Å². The predicted octanol–water partition coefficient (Wildman–Crippen LogP) is 9.94. The van der Waals surface area contributed by atoms with E-state index in [4.69, 9.17) is 14.4 Å². The van der Waals surface area contributed by atoms with Gasteiger partial charge in [0, 0.05) is 50.5 Å². The van der Waals surface area contributed by atoms with Crippen molar-refractivity contribution in [2.75, 3.05) is 0 Å². The van der Waals surface area contributed by atoms with E-state index in [0.717, 1.165) is 82.9 Å². The zero-order chi connectivity index (χ0) is 27.6. The van der Waals surface area contributed by atoms with Gasteiger partial charge >= 0.3 is 0 Å². The first-order chi connectivity index (χ1) is 20.8. The molecule has 0 saturated heterocycles. The van der Waals surface area contributed by atoms with Crippen molar-refractivity contribution in [2.45, 2.75) is 0 Å². The van der Waals surface area contributed by atoms with Gasteiger partial charge in [0.15, 0.2) is 0 Å². The van der Waals surface area contributed by atoms with Gasteiger partial charge < -0.3 is 8.82 Å². The van der Waals surface area contributed by atoms with Crippen LogP contribution < -0.4 is 0 Å². The molecule has 4 aromatic heterocycles. The summed E-state index contributed by atoms with van der Waals surface area (Å²) in [7, 11) is 0. The van der Waals surface area contributed by atoms with Gasteiger partial charge in [0.2, 0.25) is 0 Å². The van der Waals surface area contributed by atoms with Crippen LogP contribution in [0.1, 0.15) is 0 Å². The van der Waals surface area contributed by atoms with Crippen LogP contribution in [0.4, 0.5) is 0 Å². The zero-order valence-corrected chi connectivity index (χ0v) is 22.5. The molecule has 5 aromatic carbocycles. The van der Waals surface area contributed by atoms with Gasteiger partial charge in [-0.1, -0.05) is 84.9 Å². The van der Waals surface area contributed by atoms with E-state index in [-0.39, 0.29) is 0 Å². The Bertz CT molecular complexity index is 2450. The molecule has 9 rings (SSSR count). The quantitative estimate of drug-likeness (QED) is 0.211. The topological polar surface area (TPSA) is 43.3 Å². The lowest BCUT2D eigenvalue weighted by Gasteiger charge is -2.12. The summed E-state index contributed by atoms with van der Waals surface area (Å²) in [5.41, 5.74) is 10.0. The molecule has 4 heterocycles. The first kappa shape index (κ1) is 23.0. The van der Waals surface area contributed by atoms with E-state index in [0.29, 0.717) is 0 Å². The summed E-state index contributed by atoms with van der Waals surface area (Å²) in [6.45, 7) is 0. The lowest BCUT2D eigenvalue weighted by Crippen LogP contribution is -1.91. The number of hydrogen-bond donors (Lipinski definition) is 0. The molecule has 42 heavy (non-hydrogen) atoms. The highest BCUT2D eigenvalue weighted by atomic mass is 16.3. The Balaban J connectivity index is 1.24. The maximum atomic E-state index is 6.50. The molecule has 0 radical (unpaired) electrons. The largest absolute Gasteiger partial charge is 0.455 e. The number of imidazole rings is 1. The van der Waals surface area contributed by atoms with Crippen LogP contribution in [0.3, 0.4) is 0 Å². The molecule has 0 aliphatic carbocycles. The van der Waals surface area contributed by atoms with Crippen molar-refractivity contribution in [3.05, 3.63) is 140 Å². The summed E-state index contributed by atoms with van der Waals surface area (Å²) < 4.78 is 8.55. The summed E-state index contributed by atoms with van der Waals surface area (Å²) in [6, 6.07) is 44.3. The van der Waals surface area contributed by atoms with Crippen LogP contribution in [0, 0.1) is 0 Å². The molecule has 0 fully saturated rings. The van der Waals surface area contributed by atoms with Gasteiger partial charge in [-0.05, 0) is 53.6 Å². The van der Waals surface area contributed by atoms with Gasteiger partial charge in [-0.15, -0.1) is 0 Å².